The van der Waals surface area contributed by atoms with E-state index in [-0.39, 0.29) is 23.6 Å². The van der Waals surface area contributed by atoms with Crippen LogP contribution < -0.4 is 4.72 Å². The van der Waals surface area contributed by atoms with Gasteiger partial charge < -0.3 is 4.52 Å². The van der Waals surface area contributed by atoms with Gasteiger partial charge >= 0.3 is 0 Å². The van der Waals surface area contributed by atoms with Crippen LogP contribution in [-0.4, -0.2) is 25.4 Å². The summed E-state index contributed by atoms with van der Waals surface area (Å²) >= 11 is 5.14. The summed E-state index contributed by atoms with van der Waals surface area (Å²) in [5.41, 5.74) is 0.309. The van der Waals surface area contributed by atoms with Crippen LogP contribution in [0.15, 0.2) is 9.42 Å². The van der Waals surface area contributed by atoms with Crippen LogP contribution in [0.25, 0.3) is 0 Å². The zero-order valence-corrected chi connectivity index (χ0v) is 11.1. The second-order valence-corrected chi connectivity index (χ2v) is 5.64. The molecule has 0 fully saturated rings. The average Bonchev–Trinajstić information content (AvgIpc) is 2.53. The Morgan fingerprint density at radius 2 is 2.12 bits per heavy atom. The fourth-order valence-electron chi connectivity index (χ4n) is 1.36. The van der Waals surface area contributed by atoms with Gasteiger partial charge in [-0.05, 0) is 31.9 Å². The molecule has 0 saturated heterocycles. The van der Waals surface area contributed by atoms with Crippen LogP contribution in [0.3, 0.4) is 0 Å². The van der Waals surface area contributed by atoms with Gasteiger partial charge in [-0.15, -0.1) is 0 Å². The molecule has 1 aromatic heterocycles. The van der Waals surface area contributed by atoms with Crippen molar-refractivity contribution >= 4 is 26.9 Å². The van der Waals surface area contributed by atoms with E-state index in [0.29, 0.717) is 12.1 Å². The van der Waals surface area contributed by atoms with Gasteiger partial charge in [0.05, 0.1) is 0 Å². The standard InChI is InChI=1S/C9H13ClN2O4S/c1-6-9(7(2)16-12-6)17(14,15)11-5-3-4-8(10)13/h11H,3-5H2,1-2H3. The van der Waals surface area contributed by atoms with E-state index in [9.17, 15) is 13.2 Å². The highest BCUT2D eigenvalue weighted by atomic mass is 35.5. The minimum absolute atomic E-state index is 0.0506. The fraction of sp³-hybridized carbons (Fsp3) is 0.556. The molecule has 1 N–H and O–H groups in total. The molecule has 0 spiro atoms. The minimum Gasteiger partial charge on any atom is -0.360 e. The molecule has 0 aliphatic rings. The van der Waals surface area contributed by atoms with E-state index in [0.717, 1.165) is 0 Å². The van der Waals surface area contributed by atoms with Gasteiger partial charge in [-0.3, -0.25) is 4.79 Å². The highest BCUT2D eigenvalue weighted by Crippen LogP contribution is 2.18. The second kappa shape index (κ2) is 5.61. The number of aryl methyl sites for hydroxylation is 2. The Balaban J connectivity index is 2.67. The molecule has 17 heavy (non-hydrogen) atoms. The molecule has 6 nitrogen and oxygen atoms in total. The van der Waals surface area contributed by atoms with Crippen LogP contribution in [0.5, 0.6) is 0 Å². The van der Waals surface area contributed by atoms with Crippen LogP contribution in [0.4, 0.5) is 0 Å². The van der Waals surface area contributed by atoms with Gasteiger partial charge in [0.1, 0.15) is 10.6 Å². The van der Waals surface area contributed by atoms with E-state index < -0.39 is 15.3 Å². The molecule has 0 aliphatic heterocycles. The SMILES string of the molecule is Cc1noc(C)c1S(=O)(=O)NCCCC(=O)Cl. The molecule has 0 radical (unpaired) electrons. The van der Waals surface area contributed by atoms with Crippen LogP contribution in [0.1, 0.15) is 24.3 Å². The highest BCUT2D eigenvalue weighted by molar-refractivity contribution is 7.89. The summed E-state index contributed by atoms with van der Waals surface area (Å²) < 4.78 is 30.8. The first-order valence-corrected chi connectivity index (χ1v) is 6.81. The van der Waals surface area contributed by atoms with Gasteiger partial charge in [-0.2, -0.15) is 0 Å². The van der Waals surface area contributed by atoms with Crippen molar-refractivity contribution in [3.8, 4) is 0 Å². The van der Waals surface area contributed by atoms with E-state index in [1.807, 2.05) is 0 Å². The predicted molar refractivity (Wildman–Crippen MR) is 61.3 cm³/mol. The predicted octanol–water partition coefficient (Wildman–Crippen LogP) is 1.12. The lowest BCUT2D eigenvalue weighted by atomic mass is 10.3. The van der Waals surface area contributed by atoms with Crippen LogP contribution in [0, 0.1) is 13.8 Å². The summed E-state index contributed by atoms with van der Waals surface area (Å²) in [6.45, 7) is 3.22. The summed E-state index contributed by atoms with van der Waals surface area (Å²) in [4.78, 5) is 10.5. The zero-order valence-electron chi connectivity index (χ0n) is 9.49. The van der Waals surface area contributed by atoms with Gasteiger partial charge in [0.2, 0.25) is 15.3 Å². The lowest BCUT2D eigenvalue weighted by Crippen LogP contribution is -2.25. The second-order valence-electron chi connectivity index (χ2n) is 3.51. The number of rotatable bonds is 6. The third kappa shape index (κ3) is 3.79. The van der Waals surface area contributed by atoms with Crippen molar-refractivity contribution in [2.75, 3.05) is 6.54 Å². The number of halogens is 1. The Bertz CT molecular complexity index is 490. The Morgan fingerprint density at radius 1 is 1.47 bits per heavy atom. The zero-order chi connectivity index (χ0) is 13.1. The summed E-state index contributed by atoms with van der Waals surface area (Å²) in [5.74, 6) is 0.239. The summed E-state index contributed by atoms with van der Waals surface area (Å²) in [5, 5.41) is 3.08. The molecule has 0 unspecified atom stereocenters. The molecule has 1 rings (SSSR count). The number of carbonyl (C=O) groups is 1. The Labute approximate surface area is 104 Å². The van der Waals surface area contributed by atoms with Crippen molar-refractivity contribution < 1.29 is 17.7 Å². The number of nitrogens with zero attached hydrogens (tertiary/aromatic N) is 1. The van der Waals surface area contributed by atoms with E-state index >= 15 is 0 Å². The van der Waals surface area contributed by atoms with Gasteiger partial charge in [0, 0.05) is 13.0 Å². The Hall–Kier alpha value is -0.920. The quantitative estimate of drug-likeness (QED) is 0.623. The van der Waals surface area contributed by atoms with E-state index in [1.54, 1.807) is 6.92 Å². The molecule has 0 amide bonds. The Kier molecular flexibility index (Phi) is 4.67. The maximum Gasteiger partial charge on any atom is 0.245 e. The molecular formula is C9H13ClN2O4S. The van der Waals surface area contributed by atoms with Crippen molar-refractivity contribution in [1.29, 1.82) is 0 Å². The first-order chi connectivity index (χ1) is 7.84. The maximum absolute atomic E-state index is 11.9. The summed E-state index contributed by atoms with van der Waals surface area (Å²) in [6, 6.07) is 0. The third-order valence-electron chi connectivity index (χ3n) is 2.08. The van der Waals surface area contributed by atoms with Crippen molar-refractivity contribution in [2.24, 2.45) is 0 Å². The minimum atomic E-state index is -3.64. The van der Waals surface area contributed by atoms with Gasteiger partial charge in [0.25, 0.3) is 0 Å². The number of sulfonamides is 1. The number of aromatic nitrogens is 1. The number of hydrogen-bond donors (Lipinski definition) is 1. The number of hydrogen-bond acceptors (Lipinski definition) is 5. The first kappa shape index (κ1) is 14.1. The van der Waals surface area contributed by atoms with Crippen molar-refractivity contribution in [1.82, 2.24) is 9.88 Å². The van der Waals surface area contributed by atoms with Crippen LogP contribution in [-0.2, 0) is 14.8 Å². The molecule has 0 aromatic carbocycles. The van der Waals surface area contributed by atoms with E-state index in [1.165, 1.54) is 6.92 Å². The lowest BCUT2D eigenvalue weighted by Gasteiger charge is -2.04. The topological polar surface area (TPSA) is 89.3 Å². The van der Waals surface area contributed by atoms with Crippen LogP contribution >= 0.6 is 11.6 Å². The monoisotopic (exact) mass is 280 g/mol. The maximum atomic E-state index is 11.9. The lowest BCUT2D eigenvalue weighted by molar-refractivity contribution is -0.111. The molecule has 0 atom stereocenters. The van der Waals surface area contributed by atoms with Gasteiger partial charge in [0.15, 0.2) is 5.76 Å². The average molecular weight is 281 g/mol. The molecule has 8 heteroatoms. The van der Waals surface area contributed by atoms with Gasteiger partial charge in [-0.1, -0.05) is 5.16 Å². The molecular weight excluding hydrogens is 268 g/mol. The van der Waals surface area contributed by atoms with Crippen molar-refractivity contribution in [2.45, 2.75) is 31.6 Å². The number of carbonyl (C=O) groups excluding carboxylic acids is 1. The van der Waals surface area contributed by atoms with Crippen molar-refractivity contribution in [3.05, 3.63) is 11.5 Å². The molecule has 1 aromatic rings. The molecule has 0 bridgehead atoms. The largest absolute Gasteiger partial charge is 0.360 e. The smallest absolute Gasteiger partial charge is 0.245 e. The molecule has 1 heterocycles. The van der Waals surface area contributed by atoms with Crippen LogP contribution in [0.2, 0.25) is 0 Å². The highest BCUT2D eigenvalue weighted by Gasteiger charge is 2.23. The van der Waals surface area contributed by atoms with Crippen molar-refractivity contribution in [3.63, 3.8) is 0 Å². The third-order valence-corrected chi connectivity index (χ3v) is 3.97. The molecule has 0 saturated carbocycles. The first-order valence-electron chi connectivity index (χ1n) is 4.95. The van der Waals surface area contributed by atoms with E-state index in [4.69, 9.17) is 16.1 Å². The van der Waals surface area contributed by atoms with Gasteiger partial charge in [-0.25, -0.2) is 13.1 Å². The Morgan fingerprint density at radius 3 is 2.59 bits per heavy atom. The number of nitrogens with one attached hydrogen (secondary N) is 1. The summed E-state index contributed by atoms with van der Waals surface area (Å²) in [6.07, 6.45) is 0.483. The molecule has 0 aliphatic carbocycles. The van der Waals surface area contributed by atoms with E-state index in [2.05, 4.69) is 9.88 Å². The molecule has 96 valence electrons. The summed E-state index contributed by atoms with van der Waals surface area (Å²) in [7, 11) is -3.64. The normalized spacial score (nSPS) is 11.7. The fourth-order valence-corrected chi connectivity index (χ4v) is 2.90.